The van der Waals surface area contributed by atoms with E-state index in [2.05, 4.69) is 57.6 Å². The molecular formula is C9H15Br2N. The van der Waals surface area contributed by atoms with Crippen LogP contribution >= 0.6 is 31.9 Å². The van der Waals surface area contributed by atoms with Crippen LogP contribution in [-0.4, -0.2) is 9.95 Å². The van der Waals surface area contributed by atoms with Crippen molar-refractivity contribution in [3.8, 4) is 0 Å². The Kier molecular flexibility index (Phi) is 6.10. The van der Waals surface area contributed by atoms with Crippen molar-refractivity contribution in [3.05, 3.63) is 11.3 Å². The summed E-state index contributed by atoms with van der Waals surface area (Å²) in [6.45, 7) is 8.42. The SMILES string of the molecule is CC(Br)=N/C(CBr)=C(/C)C(C)C. The molecular weight excluding hydrogens is 282 g/mol. The van der Waals surface area contributed by atoms with Crippen LogP contribution in [0.1, 0.15) is 27.7 Å². The fourth-order valence-corrected chi connectivity index (χ4v) is 1.52. The monoisotopic (exact) mass is 295 g/mol. The number of nitrogens with zero attached hydrogens (tertiary/aromatic N) is 1. The van der Waals surface area contributed by atoms with Gasteiger partial charge in [-0.2, -0.15) is 0 Å². The molecule has 1 nitrogen and oxygen atoms in total. The number of aliphatic imine (C=N–C) groups is 1. The number of hydrogen-bond acceptors (Lipinski definition) is 1. The second-order valence-electron chi connectivity index (χ2n) is 3.03. The Hall–Kier alpha value is 0.370. The van der Waals surface area contributed by atoms with Crippen LogP contribution < -0.4 is 0 Å². The van der Waals surface area contributed by atoms with E-state index < -0.39 is 0 Å². The van der Waals surface area contributed by atoms with Gasteiger partial charge >= 0.3 is 0 Å². The van der Waals surface area contributed by atoms with Crippen LogP contribution in [0, 0.1) is 5.92 Å². The molecule has 0 unspecified atom stereocenters. The summed E-state index contributed by atoms with van der Waals surface area (Å²) in [4.78, 5) is 4.38. The molecule has 0 heterocycles. The normalized spacial score (nSPS) is 15.1. The van der Waals surface area contributed by atoms with Crippen molar-refractivity contribution in [2.24, 2.45) is 10.9 Å². The van der Waals surface area contributed by atoms with Gasteiger partial charge in [0.15, 0.2) is 0 Å². The van der Waals surface area contributed by atoms with Gasteiger partial charge in [0.25, 0.3) is 0 Å². The lowest BCUT2D eigenvalue weighted by atomic mass is 10.0. The van der Waals surface area contributed by atoms with Crippen LogP contribution in [0.25, 0.3) is 0 Å². The lowest BCUT2D eigenvalue weighted by Crippen LogP contribution is -1.96. The molecule has 0 aromatic rings. The van der Waals surface area contributed by atoms with Gasteiger partial charge in [-0.05, 0) is 41.3 Å². The summed E-state index contributed by atoms with van der Waals surface area (Å²) in [5.74, 6) is 0.563. The van der Waals surface area contributed by atoms with Crippen LogP contribution in [0.5, 0.6) is 0 Å². The third-order valence-corrected chi connectivity index (χ3v) is 2.45. The summed E-state index contributed by atoms with van der Waals surface area (Å²) in [6, 6.07) is 0. The maximum atomic E-state index is 4.38. The predicted octanol–water partition coefficient (Wildman–Crippen LogP) is 4.12. The summed E-state index contributed by atoms with van der Waals surface area (Å²) in [7, 11) is 0. The van der Waals surface area contributed by atoms with E-state index in [1.54, 1.807) is 0 Å². The summed E-state index contributed by atoms with van der Waals surface area (Å²) < 4.78 is 0.928. The van der Waals surface area contributed by atoms with E-state index in [1.165, 1.54) is 5.57 Å². The Morgan fingerprint density at radius 1 is 1.33 bits per heavy atom. The molecule has 0 aliphatic heterocycles. The molecule has 0 bridgehead atoms. The van der Waals surface area contributed by atoms with Crippen LogP contribution in [0.3, 0.4) is 0 Å². The first-order valence-corrected chi connectivity index (χ1v) is 5.86. The predicted molar refractivity (Wildman–Crippen MR) is 63.4 cm³/mol. The third-order valence-electron chi connectivity index (χ3n) is 1.74. The zero-order chi connectivity index (χ0) is 9.72. The molecule has 70 valence electrons. The number of hydrogen-bond donors (Lipinski definition) is 0. The largest absolute Gasteiger partial charge is 0.250 e. The van der Waals surface area contributed by atoms with Crippen molar-refractivity contribution < 1.29 is 0 Å². The van der Waals surface area contributed by atoms with Gasteiger partial charge in [-0.25, -0.2) is 4.99 Å². The zero-order valence-corrected chi connectivity index (χ0v) is 11.2. The molecule has 0 fully saturated rings. The smallest absolute Gasteiger partial charge is 0.0802 e. The fourth-order valence-electron chi connectivity index (χ4n) is 0.743. The Labute approximate surface area is 91.6 Å². The third kappa shape index (κ3) is 4.41. The highest BCUT2D eigenvalue weighted by Crippen LogP contribution is 2.17. The van der Waals surface area contributed by atoms with E-state index in [1.807, 2.05) is 6.92 Å². The molecule has 0 radical (unpaired) electrons. The Balaban J connectivity index is 4.74. The summed E-state index contributed by atoms with van der Waals surface area (Å²) in [5.41, 5.74) is 2.46. The number of halogens is 2. The molecule has 0 aliphatic rings. The van der Waals surface area contributed by atoms with Crippen molar-refractivity contribution in [3.63, 3.8) is 0 Å². The minimum Gasteiger partial charge on any atom is -0.250 e. The van der Waals surface area contributed by atoms with Crippen LogP contribution in [0.4, 0.5) is 0 Å². The van der Waals surface area contributed by atoms with Crippen molar-refractivity contribution in [1.82, 2.24) is 0 Å². The molecule has 0 rings (SSSR count). The van der Waals surface area contributed by atoms with E-state index in [4.69, 9.17) is 0 Å². The van der Waals surface area contributed by atoms with Gasteiger partial charge in [0.05, 0.1) is 10.3 Å². The lowest BCUT2D eigenvalue weighted by Gasteiger charge is -2.08. The van der Waals surface area contributed by atoms with Gasteiger partial charge in [0.2, 0.25) is 0 Å². The van der Waals surface area contributed by atoms with E-state index in [0.717, 1.165) is 15.6 Å². The van der Waals surface area contributed by atoms with E-state index in [9.17, 15) is 0 Å². The van der Waals surface area contributed by atoms with Crippen molar-refractivity contribution in [2.75, 3.05) is 5.33 Å². The summed E-state index contributed by atoms with van der Waals surface area (Å²) >= 11 is 6.76. The number of rotatable bonds is 3. The molecule has 0 aromatic carbocycles. The minimum absolute atomic E-state index is 0.563. The van der Waals surface area contributed by atoms with Crippen LogP contribution in [0.15, 0.2) is 16.3 Å². The quantitative estimate of drug-likeness (QED) is 0.549. The highest BCUT2D eigenvalue weighted by atomic mass is 79.9. The van der Waals surface area contributed by atoms with Gasteiger partial charge in [0.1, 0.15) is 0 Å². The molecule has 0 spiro atoms. The average molecular weight is 297 g/mol. The lowest BCUT2D eigenvalue weighted by molar-refractivity contribution is 0.755. The van der Waals surface area contributed by atoms with Gasteiger partial charge < -0.3 is 0 Å². The van der Waals surface area contributed by atoms with E-state index in [-0.39, 0.29) is 0 Å². The van der Waals surface area contributed by atoms with Gasteiger partial charge in [0, 0.05) is 5.33 Å². The summed E-state index contributed by atoms with van der Waals surface area (Å²) in [5, 5.41) is 0.819. The topological polar surface area (TPSA) is 12.4 Å². The molecule has 0 amide bonds. The standard InChI is InChI=1S/C9H15Br2N/c1-6(2)7(3)9(5-10)12-8(4)11/h6H,5H2,1-4H3/b9-7-,12-8?. The van der Waals surface area contributed by atoms with Crippen molar-refractivity contribution in [2.45, 2.75) is 27.7 Å². The van der Waals surface area contributed by atoms with Gasteiger partial charge in [-0.15, -0.1) is 0 Å². The van der Waals surface area contributed by atoms with Crippen molar-refractivity contribution >= 4 is 36.5 Å². The first-order valence-electron chi connectivity index (χ1n) is 3.95. The first kappa shape index (κ1) is 12.4. The second kappa shape index (κ2) is 5.92. The zero-order valence-electron chi connectivity index (χ0n) is 7.99. The Bertz CT molecular complexity index is 201. The average Bonchev–Trinajstić information content (AvgIpc) is 1.98. The van der Waals surface area contributed by atoms with Crippen molar-refractivity contribution in [1.29, 1.82) is 0 Å². The molecule has 0 N–H and O–H groups in total. The Morgan fingerprint density at radius 2 is 1.83 bits per heavy atom. The number of alkyl halides is 1. The minimum atomic E-state index is 0.563. The van der Waals surface area contributed by atoms with E-state index in [0.29, 0.717) is 5.92 Å². The van der Waals surface area contributed by atoms with Gasteiger partial charge in [-0.1, -0.05) is 29.8 Å². The number of allylic oxidation sites excluding steroid dienone is 2. The second-order valence-corrected chi connectivity index (χ2v) is 4.74. The maximum absolute atomic E-state index is 4.38. The summed E-state index contributed by atoms with van der Waals surface area (Å²) in [6.07, 6.45) is 0. The molecule has 0 aliphatic carbocycles. The fraction of sp³-hybridized carbons (Fsp3) is 0.667. The molecule has 3 heteroatoms. The maximum Gasteiger partial charge on any atom is 0.0802 e. The molecule has 0 aromatic heterocycles. The highest BCUT2D eigenvalue weighted by Gasteiger charge is 2.03. The highest BCUT2D eigenvalue weighted by molar-refractivity contribution is 9.18. The van der Waals surface area contributed by atoms with E-state index >= 15 is 0 Å². The Morgan fingerprint density at radius 3 is 2.08 bits per heavy atom. The van der Waals surface area contributed by atoms with Crippen LogP contribution in [0.2, 0.25) is 0 Å². The molecule has 0 saturated carbocycles. The van der Waals surface area contributed by atoms with Crippen LogP contribution in [-0.2, 0) is 0 Å². The molecule has 0 saturated heterocycles. The first-order chi connectivity index (χ1) is 5.49. The molecule has 12 heavy (non-hydrogen) atoms. The molecule has 0 atom stereocenters. The van der Waals surface area contributed by atoms with Gasteiger partial charge in [-0.3, -0.25) is 0 Å².